The van der Waals surface area contributed by atoms with Gasteiger partial charge in [0.25, 0.3) is 0 Å². The summed E-state index contributed by atoms with van der Waals surface area (Å²) >= 11 is 5.24. The number of rotatable bonds is 4. The fourth-order valence-electron chi connectivity index (χ4n) is 1.63. The summed E-state index contributed by atoms with van der Waals surface area (Å²) in [7, 11) is 0. The zero-order valence-corrected chi connectivity index (χ0v) is 12.6. The van der Waals surface area contributed by atoms with Crippen LogP contribution in [-0.4, -0.2) is 84.6 Å². The maximum Gasteiger partial charge on any atom is 0.377 e. The fraction of sp³-hybridized carbons (Fsp3) is 0.500. The van der Waals surface area contributed by atoms with E-state index in [0.717, 1.165) is 0 Å². The van der Waals surface area contributed by atoms with Gasteiger partial charge in [0.15, 0.2) is 23.7 Å². The number of cyclic esters (lactones) is 2. The Balaban J connectivity index is 0.000000240. The first-order valence-electron chi connectivity index (χ1n) is 6.34. The molecular weight excluding hydrogens is 356 g/mol. The van der Waals surface area contributed by atoms with Crippen molar-refractivity contribution >= 4 is 23.5 Å². The van der Waals surface area contributed by atoms with E-state index in [1.807, 2.05) is 0 Å². The molecule has 0 saturated carbocycles. The largest absolute Gasteiger partial charge is 0.505 e. The summed E-state index contributed by atoms with van der Waals surface area (Å²) in [5, 5.41) is 61.9. The third-order valence-electron chi connectivity index (χ3n) is 2.92. The molecule has 7 N–H and O–H groups in total. The Morgan fingerprint density at radius 3 is 1.50 bits per heavy atom. The number of aliphatic hydroxyl groups is 7. The molecule has 12 heteroatoms. The topological polar surface area (TPSA) is 194 Å². The van der Waals surface area contributed by atoms with Gasteiger partial charge < -0.3 is 45.2 Å². The Hall–Kier alpha value is -2.21. The van der Waals surface area contributed by atoms with Crippen LogP contribution in [0.1, 0.15) is 0 Å². The molecule has 0 saturated heterocycles. The lowest BCUT2D eigenvalue weighted by molar-refractivity contribution is -0.148. The first-order chi connectivity index (χ1) is 11.1. The van der Waals surface area contributed by atoms with E-state index in [1.165, 1.54) is 0 Å². The van der Waals surface area contributed by atoms with E-state index in [2.05, 4.69) is 9.47 Å². The van der Waals surface area contributed by atoms with Crippen LogP contribution in [0.5, 0.6) is 0 Å². The van der Waals surface area contributed by atoms with Gasteiger partial charge in [-0.15, -0.1) is 11.6 Å². The molecule has 136 valence electrons. The monoisotopic (exact) mass is 370 g/mol. The number of halogens is 1. The first-order valence-corrected chi connectivity index (χ1v) is 6.88. The van der Waals surface area contributed by atoms with Crippen molar-refractivity contribution < 1.29 is 54.8 Å². The summed E-state index contributed by atoms with van der Waals surface area (Å²) in [5.41, 5.74) is 0. The van der Waals surface area contributed by atoms with Crippen LogP contribution in [-0.2, 0) is 19.1 Å². The summed E-state index contributed by atoms with van der Waals surface area (Å²) in [5.74, 6) is -5.58. The fourth-order valence-corrected chi connectivity index (χ4v) is 1.79. The summed E-state index contributed by atoms with van der Waals surface area (Å²) in [6.07, 6.45) is -5.23. The number of alkyl halides is 1. The van der Waals surface area contributed by atoms with Crippen molar-refractivity contribution in [1.82, 2.24) is 0 Å². The van der Waals surface area contributed by atoms with Crippen LogP contribution in [0.3, 0.4) is 0 Å². The number of ether oxygens (including phenoxy) is 2. The highest BCUT2D eigenvalue weighted by Gasteiger charge is 2.39. The molecule has 0 amide bonds. The molecule has 0 aromatic heterocycles. The number of aliphatic hydroxyl groups excluding tert-OH is 7. The van der Waals surface area contributed by atoms with E-state index >= 15 is 0 Å². The van der Waals surface area contributed by atoms with Crippen molar-refractivity contribution in [3.05, 3.63) is 23.0 Å². The van der Waals surface area contributed by atoms with Crippen molar-refractivity contribution in [3.8, 4) is 0 Å². The first kappa shape index (κ1) is 19.8. The second-order valence-corrected chi connectivity index (χ2v) is 4.90. The van der Waals surface area contributed by atoms with Gasteiger partial charge in [-0.25, -0.2) is 9.59 Å². The number of carbonyl (C=O) groups excluding carboxylic acids is 2. The molecule has 11 nitrogen and oxygen atoms in total. The molecule has 0 fully saturated rings. The van der Waals surface area contributed by atoms with Crippen LogP contribution in [0.2, 0.25) is 0 Å². The maximum atomic E-state index is 10.6. The average molecular weight is 371 g/mol. The predicted molar refractivity (Wildman–Crippen MR) is 74.1 cm³/mol. The van der Waals surface area contributed by atoms with Crippen LogP contribution < -0.4 is 0 Å². The highest BCUT2D eigenvalue weighted by molar-refractivity contribution is 6.18. The van der Waals surface area contributed by atoms with E-state index in [4.69, 9.17) is 47.3 Å². The standard InChI is InChI=1S/C6H7ClO5.C6H8O6/c2*7-1-2(8)5-3(9)4(10)6(11)12-5/h2,5,8-10H,1H2;2,5,7-10H,1H2. The Morgan fingerprint density at radius 2 is 1.25 bits per heavy atom. The molecular formula is C12H15ClO11. The van der Waals surface area contributed by atoms with Crippen molar-refractivity contribution in [2.45, 2.75) is 24.4 Å². The Bertz CT molecular complexity index is 519. The minimum Gasteiger partial charge on any atom is -0.505 e. The van der Waals surface area contributed by atoms with E-state index in [-0.39, 0.29) is 5.88 Å². The zero-order valence-electron chi connectivity index (χ0n) is 11.9. The van der Waals surface area contributed by atoms with Gasteiger partial charge in [0.1, 0.15) is 12.2 Å². The molecule has 2 rings (SSSR count). The number of hydrogen-bond donors (Lipinski definition) is 7. The summed E-state index contributed by atoms with van der Waals surface area (Å²) < 4.78 is 8.71. The predicted octanol–water partition coefficient (Wildman–Crippen LogP) is -1.57. The third-order valence-corrected chi connectivity index (χ3v) is 3.24. The van der Waals surface area contributed by atoms with Crippen molar-refractivity contribution in [2.24, 2.45) is 0 Å². The molecule has 4 atom stereocenters. The number of carbonyl (C=O) groups is 2. The van der Waals surface area contributed by atoms with Crippen molar-refractivity contribution in [2.75, 3.05) is 12.5 Å². The van der Waals surface area contributed by atoms with Gasteiger partial charge in [-0.05, 0) is 0 Å². The Labute approximate surface area is 139 Å². The molecule has 2 aliphatic rings. The molecule has 0 aromatic carbocycles. The Morgan fingerprint density at radius 1 is 0.875 bits per heavy atom. The van der Waals surface area contributed by atoms with Gasteiger partial charge in [-0.2, -0.15) is 0 Å². The van der Waals surface area contributed by atoms with E-state index in [1.54, 1.807) is 0 Å². The highest BCUT2D eigenvalue weighted by Crippen LogP contribution is 2.22. The minimum absolute atomic E-state index is 0.199. The van der Waals surface area contributed by atoms with Crippen LogP contribution in [0, 0.1) is 0 Å². The molecule has 4 unspecified atom stereocenters. The summed E-state index contributed by atoms with van der Waals surface area (Å²) in [6.45, 7) is -0.671. The summed E-state index contributed by atoms with van der Waals surface area (Å²) in [4.78, 5) is 21.1. The zero-order chi connectivity index (χ0) is 18.6. The van der Waals surface area contributed by atoms with Gasteiger partial charge in [-0.1, -0.05) is 0 Å². The van der Waals surface area contributed by atoms with E-state index in [0.29, 0.717) is 0 Å². The molecule has 0 radical (unpaired) electrons. The lowest BCUT2D eigenvalue weighted by atomic mass is 10.2. The minimum atomic E-state index is -1.42. The molecule has 0 spiro atoms. The van der Waals surface area contributed by atoms with Gasteiger partial charge in [0.05, 0.1) is 12.5 Å². The maximum absolute atomic E-state index is 10.6. The number of hydrogen-bond acceptors (Lipinski definition) is 11. The van der Waals surface area contributed by atoms with Crippen LogP contribution in [0.4, 0.5) is 0 Å². The molecule has 0 bridgehead atoms. The lowest BCUT2D eigenvalue weighted by Gasteiger charge is -2.13. The van der Waals surface area contributed by atoms with Gasteiger partial charge in [0, 0.05) is 0 Å². The van der Waals surface area contributed by atoms with E-state index in [9.17, 15) is 9.59 Å². The second kappa shape index (κ2) is 8.06. The molecule has 2 heterocycles. The average Bonchev–Trinajstić information content (AvgIpc) is 2.98. The number of esters is 2. The smallest absolute Gasteiger partial charge is 0.377 e. The van der Waals surface area contributed by atoms with Gasteiger partial charge in [-0.3, -0.25) is 0 Å². The lowest BCUT2D eigenvalue weighted by Crippen LogP contribution is -2.31. The van der Waals surface area contributed by atoms with Gasteiger partial charge in [0.2, 0.25) is 11.5 Å². The molecule has 24 heavy (non-hydrogen) atoms. The van der Waals surface area contributed by atoms with E-state index < -0.39 is 66.0 Å². The molecule has 0 aromatic rings. The normalized spacial score (nSPS) is 25.8. The van der Waals surface area contributed by atoms with Crippen LogP contribution >= 0.6 is 11.6 Å². The second-order valence-electron chi connectivity index (χ2n) is 4.59. The molecule has 0 aliphatic carbocycles. The van der Waals surface area contributed by atoms with Crippen molar-refractivity contribution in [1.29, 1.82) is 0 Å². The van der Waals surface area contributed by atoms with Crippen LogP contribution in [0.25, 0.3) is 0 Å². The SMILES string of the molecule is O=C1OC(C(O)CCl)C(O)=C1O.O=C1OC(C(O)CO)C(O)=C1O. The van der Waals surface area contributed by atoms with Crippen LogP contribution in [0.15, 0.2) is 23.0 Å². The highest BCUT2D eigenvalue weighted by atomic mass is 35.5. The van der Waals surface area contributed by atoms with Gasteiger partial charge >= 0.3 is 11.9 Å². The quantitative estimate of drug-likeness (QED) is 0.223. The Kier molecular flexibility index (Phi) is 6.66. The summed E-state index contributed by atoms with van der Waals surface area (Å²) in [6, 6.07) is 0. The van der Waals surface area contributed by atoms with Crippen molar-refractivity contribution in [3.63, 3.8) is 0 Å². The third kappa shape index (κ3) is 4.00. The molecule has 2 aliphatic heterocycles.